The number of likely N-dealkylation sites (N-methyl/N-ethyl adjacent to an activating group) is 1. The van der Waals surface area contributed by atoms with Crippen LogP contribution in [0, 0.1) is 0 Å². The molecule has 27 heavy (non-hydrogen) atoms. The van der Waals surface area contributed by atoms with Gasteiger partial charge in [0.25, 0.3) is 0 Å². The molecule has 8 nitrogen and oxygen atoms in total. The van der Waals surface area contributed by atoms with E-state index in [1.807, 2.05) is 37.2 Å². The van der Waals surface area contributed by atoms with Crippen molar-refractivity contribution in [1.29, 1.82) is 0 Å². The number of nitrogens with zero attached hydrogens (tertiary/aromatic N) is 4. The number of anilines is 3. The molecule has 1 aliphatic heterocycles. The molecule has 0 aliphatic carbocycles. The Morgan fingerprint density at radius 1 is 1.41 bits per heavy atom. The summed E-state index contributed by atoms with van der Waals surface area (Å²) in [5.41, 5.74) is 8.88. The fourth-order valence-corrected chi connectivity index (χ4v) is 3.34. The Labute approximate surface area is 166 Å². The molecule has 1 atom stereocenters. The van der Waals surface area contributed by atoms with Gasteiger partial charge in [0.15, 0.2) is 0 Å². The molecular weight excluding hydrogens is 410 g/mol. The van der Waals surface area contributed by atoms with Crippen molar-refractivity contribution in [3.05, 3.63) is 39.5 Å². The van der Waals surface area contributed by atoms with E-state index in [1.54, 1.807) is 13.3 Å². The normalized spacial score (nSPS) is 16.0. The lowest BCUT2D eigenvalue weighted by atomic mass is 9.94. The Bertz CT molecular complexity index is 898. The van der Waals surface area contributed by atoms with E-state index in [0.717, 1.165) is 22.3 Å². The zero-order chi connectivity index (χ0) is 19.6. The van der Waals surface area contributed by atoms with Crippen LogP contribution in [0.15, 0.2) is 27.7 Å². The molecule has 142 valence electrons. The highest BCUT2D eigenvalue weighted by molar-refractivity contribution is 9.10. The molecule has 0 spiro atoms. The number of nitrogens with two attached hydrogens (primary N) is 1. The van der Waals surface area contributed by atoms with Gasteiger partial charge < -0.3 is 21.3 Å². The van der Waals surface area contributed by atoms with Gasteiger partial charge in [0.05, 0.1) is 11.3 Å². The van der Waals surface area contributed by atoms with Crippen molar-refractivity contribution in [2.75, 3.05) is 50.6 Å². The van der Waals surface area contributed by atoms with Gasteiger partial charge in [-0.25, -0.2) is 4.98 Å². The number of hydrogen-bond acceptors (Lipinski definition) is 7. The topological polar surface area (TPSA) is 109 Å². The first-order valence-corrected chi connectivity index (χ1v) is 9.28. The maximum Gasteiger partial charge on any atom is 0.238 e. The van der Waals surface area contributed by atoms with Crippen LogP contribution in [-0.4, -0.2) is 61.2 Å². The minimum absolute atomic E-state index is 0.147. The molecule has 1 amide bonds. The average molecular weight is 432 g/mol. The van der Waals surface area contributed by atoms with Crippen molar-refractivity contribution in [2.24, 2.45) is 4.99 Å². The largest absolute Gasteiger partial charge is 0.383 e. The quantitative estimate of drug-likeness (QED) is 0.602. The third-order valence-electron chi connectivity index (χ3n) is 4.22. The molecule has 0 saturated carbocycles. The molecule has 0 radical (unpaired) electrons. The number of carbonyl (C=O) groups is 1. The third kappa shape index (κ3) is 4.09. The number of carbonyl (C=O) groups excluding carboxylic acids is 1. The molecule has 0 saturated heterocycles. The number of amides is 1. The second-order valence-corrected chi connectivity index (χ2v) is 7.42. The summed E-state index contributed by atoms with van der Waals surface area (Å²) in [5, 5.41) is 6.08. The molecule has 0 bridgehead atoms. The highest BCUT2D eigenvalue weighted by Crippen LogP contribution is 2.39. The highest BCUT2D eigenvalue weighted by atomic mass is 79.9. The van der Waals surface area contributed by atoms with Crippen molar-refractivity contribution in [2.45, 2.75) is 5.92 Å². The maximum atomic E-state index is 12.7. The minimum Gasteiger partial charge on any atom is -0.383 e. The number of benzene rings is 1. The van der Waals surface area contributed by atoms with Gasteiger partial charge >= 0.3 is 0 Å². The van der Waals surface area contributed by atoms with Crippen molar-refractivity contribution in [3.8, 4) is 0 Å². The minimum atomic E-state index is -0.579. The van der Waals surface area contributed by atoms with E-state index in [0.29, 0.717) is 23.8 Å². The summed E-state index contributed by atoms with van der Waals surface area (Å²) in [6.45, 7) is 1.47. The predicted octanol–water partition coefficient (Wildman–Crippen LogP) is 1.93. The first kappa shape index (κ1) is 19.2. The third-order valence-corrected chi connectivity index (χ3v) is 4.72. The predicted molar refractivity (Wildman–Crippen MR) is 112 cm³/mol. The molecule has 1 aromatic heterocycles. The molecule has 4 N–H and O–H groups in total. The molecule has 1 unspecified atom stereocenters. The van der Waals surface area contributed by atoms with Crippen LogP contribution in [-0.2, 0) is 4.79 Å². The SMILES string of the molecule is CN=Cc1c(N)nc(NCCN(C)C)nc1C1C(=O)Nc2ccc(Br)cc21. The van der Waals surface area contributed by atoms with Gasteiger partial charge in [-0.05, 0) is 37.9 Å². The number of nitrogen functional groups attached to an aromatic ring is 1. The van der Waals surface area contributed by atoms with Crippen LogP contribution in [0.25, 0.3) is 0 Å². The molecular formula is C18H22BrN7O. The van der Waals surface area contributed by atoms with E-state index < -0.39 is 5.92 Å². The van der Waals surface area contributed by atoms with Gasteiger partial charge in [0.2, 0.25) is 11.9 Å². The molecule has 0 fully saturated rings. The van der Waals surface area contributed by atoms with E-state index in [-0.39, 0.29) is 11.7 Å². The Morgan fingerprint density at radius 2 is 2.19 bits per heavy atom. The van der Waals surface area contributed by atoms with E-state index in [1.165, 1.54) is 0 Å². The molecule has 2 aromatic rings. The zero-order valence-corrected chi connectivity index (χ0v) is 17.0. The molecule has 2 heterocycles. The number of nitrogens with one attached hydrogen (secondary N) is 2. The fraction of sp³-hybridized carbons (Fsp3) is 0.333. The Kier molecular flexibility index (Phi) is 5.71. The second-order valence-electron chi connectivity index (χ2n) is 6.50. The lowest BCUT2D eigenvalue weighted by Crippen LogP contribution is -2.23. The van der Waals surface area contributed by atoms with E-state index >= 15 is 0 Å². The average Bonchev–Trinajstić information content (AvgIpc) is 2.92. The van der Waals surface area contributed by atoms with Crippen LogP contribution in [0.1, 0.15) is 22.7 Å². The standard InChI is InChI=1S/C18H22BrN7O/c1-21-9-12-15(24-18(25-16(12)20)22-6-7-26(2)3)14-11-8-10(19)4-5-13(11)23-17(14)27/h4-5,8-9,14H,6-7H2,1-3H3,(H,23,27)(H3,20,22,24,25). The van der Waals surface area contributed by atoms with Crippen molar-refractivity contribution >= 4 is 45.5 Å². The summed E-state index contributed by atoms with van der Waals surface area (Å²) in [6.07, 6.45) is 1.59. The summed E-state index contributed by atoms with van der Waals surface area (Å²) < 4.78 is 0.889. The first-order valence-electron chi connectivity index (χ1n) is 8.49. The van der Waals surface area contributed by atoms with Gasteiger partial charge in [-0.3, -0.25) is 9.79 Å². The smallest absolute Gasteiger partial charge is 0.238 e. The summed E-state index contributed by atoms with van der Waals surface area (Å²) in [6, 6.07) is 5.67. The van der Waals surface area contributed by atoms with Crippen LogP contribution >= 0.6 is 15.9 Å². The van der Waals surface area contributed by atoms with Crippen molar-refractivity contribution in [3.63, 3.8) is 0 Å². The summed E-state index contributed by atoms with van der Waals surface area (Å²) in [4.78, 5) is 27.8. The number of aliphatic imine (C=N–C) groups is 1. The van der Waals surface area contributed by atoms with Crippen molar-refractivity contribution in [1.82, 2.24) is 14.9 Å². The van der Waals surface area contributed by atoms with E-state index in [4.69, 9.17) is 5.73 Å². The summed E-state index contributed by atoms with van der Waals surface area (Å²) in [7, 11) is 5.62. The number of fused-ring (bicyclic) bond motifs is 1. The monoisotopic (exact) mass is 431 g/mol. The maximum absolute atomic E-state index is 12.7. The summed E-state index contributed by atoms with van der Waals surface area (Å²) >= 11 is 3.47. The Hall–Kier alpha value is -2.52. The lowest BCUT2D eigenvalue weighted by molar-refractivity contribution is -0.116. The van der Waals surface area contributed by atoms with Gasteiger partial charge in [-0.2, -0.15) is 4.98 Å². The van der Waals surface area contributed by atoms with Crippen LogP contribution in [0.5, 0.6) is 0 Å². The van der Waals surface area contributed by atoms with Crippen LogP contribution in [0.4, 0.5) is 17.5 Å². The van der Waals surface area contributed by atoms with Crippen molar-refractivity contribution < 1.29 is 4.79 Å². The first-order chi connectivity index (χ1) is 12.9. The van der Waals surface area contributed by atoms with E-state index in [9.17, 15) is 4.79 Å². The fourth-order valence-electron chi connectivity index (χ4n) is 2.96. The highest BCUT2D eigenvalue weighted by Gasteiger charge is 2.35. The van der Waals surface area contributed by atoms with Gasteiger partial charge in [-0.15, -0.1) is 0 Å². The van der Waals surface area contributed by atoms with Gasteiger partial charge in [0.1, 0.15) is 11.7 Å². The zero-order valence-electron chi connectivity index (χ0n) is 15.5. The van der Waals surface area contributed by atoms with E-state index in [2.05, 4.69) is 41.5 Å². The molecule has 1 aromatic carbocycles. The van der Waals surface area contributed by atoms with Gasteiger partial charge in [0, 0.05) is 36.5 Å². The number of halogens is 1. The summed E-state index contributed by atoms with van der Waals surface area (Å²) in [5.74, 6) is -0.0422. The Morgan fingerprint density at radius 3 is 2.89 bits per heavy atom. The number of aromatic nitrogens is 2. The number of hydrogen-bond donors (Lipinski definition) is 3. The van der Waals surface area contributed by atoms with Crippen LogP contribution < -0.4 is 16.4 Å². The van der Waals surface area contributed by atoms with Crippen LogP contribution in [0.3, 0.4) is 0 Å². The van der Waals surface area contributed by atoms with Gasteiger partial charge in [-0.1, -0.05) is 15.9 Å². The second kappa shape index (κ2) is 8.01. The number of rotatable bonds is 6. The molecule has 3 rings (SSSR count). The van der Waals surface area contributed by atoms with Crippen LogP contribution in [0.2, 0.25) is 0 Å². The Balaban J connectivity index is 2.06. The lowest BCUT2D eigenvalue weighted by Gasteiger charge is -2.16. The molecule has 1 aliphatic rings. The molecule has 9 heteroatoms.